The molecular weight excluding hydrogens is 473 g/mol. The number of piperazine rings is 1. The number of nitrogens with zero attached hydrogens (tertiary/aromatic N) is 3. The molecule has 180 valence electrons. The van der Waals surface area contributed by atoms with E-state index in [1.165, 1.54) is 33.9 Å². The van der Waals surface area contributed by atoms with Crippen molar-refractivity contribution >= 4 is 35.1 Å². The van der Waals surface area contributed by atoms with Crippen LogP contribution in [0.5, 0.6) is 0 Å². The van der Waals surface area contributed by atoms with Crippen molar-refractivity contribution in [1.82, 2.24) is 15.1 Å². The minimum Gasteiger partial charge on any atom is -0.341 e. The molecule has 4 amide bonds. The van der Waals surface area contributed by atoms with Crippen molar-refractivity contribution in [3.63, 3.8) is 0 Å². The predicted molar refractivity (Wildman–Crippen MR) is 119 cm³/mol. The Morgan fingerprint density at radius 3 is 2.32 bits per heavy atom. The zero-order valence-electron chi connectivity index (χ0n) is 18.4. The summed E-state index contributed by atoms with van der Waals surface area (Å²) < 4.78 is 38.8. The van der Waals surface area contributed by atoms with E-state index in [9.17, 15) is 27.6 Å². The van der Waals surface area contributed by atoms with E-state index in [0.717, 1.165) is 17.7 Å². The number of halogens is 4. The number of anilines is 1. The maximum Gasteiger partial charge on any atom is 0.416 e. The minimum atomic E-state index is -4.48. The van der Waals surface area contributed by atoms with Gasteiger partial charge in [-0.15, -0.1) is 0 Å². The molecular formula is C23H22ClF3N4O3. The maximum absolute atomic E-state index is 13.7. The van der Waals surface area contributed by atoms with Gasteiger partial charge in [0.25, 0.3) is 5.91 Å². The lowest BCUT2D eigenvalue weighted by atomic mass is 9.83. The van der Waals surface area contributed by atoms with Crippen LogP contribution in [0.1, 0.15) is 16.7 Å². The second-order valence-electron chi connectivity index (χ2n) is 8.44. The highest BCUT2D eigenvalue weighted by molar-refractivity contribution is 6.31. The van der Waals surface area contributed by atoms with Gasteiger partial charge in [0.15, 0.2) is 5.54 Å². The zero-order chi connectivity index (χ0) is 24.8. The van der Waals surface area contributed by atoms with Gasteiger partial charge in [-0.3, -0.25) is 9.59 Å². The lowest BCUT2D eigenvalue weighted by Gasteiger charge is -2.57. The summed E-state index contributed by atoms with van der Waals surface area (Å²) in [5.74, 6) is -0.732. The number of carbonyl (C=O) groups is 3. The number of nitrogens with one attached hydrogen (secondary N) is 1. The first kappa shape index (κ1) is 23.9. The fourth-order valence-electron chi connectivity index (χ4n) is 4.32. The summed E-state index contributed by atoms with van der Waals surface area (Å²) >= 11 is 6.10. The highest BCUT2D eigenvalue weighted by Crippen LogP contribution is 2.38. The molecule has 0 atom stereocenters. The zero-order valence-corrected chi connectivity index (χ0v) is 19.2. The van der Waals surface area contributed by atoms with Gasteiger partial charge in [-0.05, 0) is 48.4 Å². The Morgan fingerprint density at radius 2 is 1.76 bits per heavy atom. The first-order valence-electron chi connectivity index (χ1n) is 10.5. The smallest absolute Gasteiger partial charge is 0.341 e. The Morgan fingerprint density at radius 1 is 1.12 bits per heavy atom. The molecule has 7 nitrogen and oxygen atoms in total. The molecule has 2 fully saturated rings. The largest absolute Gasteiger partial charge is 0.416 e. The maximum atomic E-state index is 13.7. The molecule has 0 aromatic heterocycles. The molecule has 4 rings (SSSR count). The molecule has 0 aliphatic carbocycles. The molecule has 2 aromatic carbocycles. The molecule has 1 N–H and O–H groups in total. The Bertz CT molecular complexity index is 1150. The third-order valence-electron chi connectivity index (χ3n) is 6.24. The van der Waals surface area contributed by atoms with Gasteiger partial charge in [-0.2, -0.15) is 13.2 Å². The lowest BCUT2D eigenvalue weighted by molar-refractivity contribution is -0.161. The molecule has 0 unspecified atom stereocenters. The van der Waals surface area contributed by atoms with Gasteiger partial charge in [-0.1, -0.05) is 23.7 Å². The standard InChI is InChI=1S/C23H22ClF3N4O3/c1-14-9-17(7-8-18(14)24)30-11-19(32)31(10-15-3-5-16(6-4-15)23(25,26)27)22(20(30)33)12-29(13-22)21(34)28-2/h3-9H,10-13H2,1-2H3,(H,28,34). The molecule has 2 saturated heterocycles. The van der Waals surface area contributed by atoms with E-state index >= 15 is 0 Å². The summed E-state index contributed by atoms with van der Waals surface area (Å²) in [6.07, 6.45) is -4.48. The normalized spacial score (nSPS) is 17.8. The Labute approximate surface area is 199 Å². The van der Waals surface area contributed by atoms with Crippen molar-refractivity contribution in [2.45, 2.75) is 25.2 Å². The monoisotopic (exact) mass is 494 g/mol. The van der Waals surface area contributed by atoms with Gasteiger partial charge in [0.1, 0.15) is 6.54 Å². The van der Waals surface area contributed by atoms with Crippen LogP contribution in [0.4, 0.5) is 23.7 Å². The molecule has 2 aliphatic heterocycles. The minimum absolute atomic E-state index is 0.0268. The summed E-state index contributed by atoms with van der Waals surface area (Å²) in [4.78, 5) is 43.2. The van der Waals surface area contributed by atoms with Crippen LogP contribution < -0.4 is 10.2 Å². The molecule has 2 aliphatic rings. The molecule has 1 spiro atoms. The second kappa shape index (κ2) is 8.50. The number of carbonyl (C=O) groups excluding carboxylic acids is 3. The Balaban J connectivity index is 1.66. The highest BCUT2D eigenvalue weighted by Gasteiger charge is 2.60. The van der Waals surface area contributed by atoms with Crippen LogP contribution in [0.2, 0.25) is 5.02 Å². The van der Waals surface area contributed by atoms with Crippen LogP contribution in [-0.2, 0) is 22.3 Å². The summed E-state index contributed by atoms with van der Waals surface area (Å²) in [6.45, 7) is 1.44. The second-order valence-corrected chi connectivity index (χ2v) is 8.85. The first-order chi connectivity index (χ1) is 16.0. The van der Waals surface area contributed by atoms with Crippen LogP contribution in [0.15, 0.2) is 42.5 Å². The molecule has 0 radical (unpaired) electrons. The van der Waals surface area contributed by atoms with E-state index in [2.05, 4.69) is 5.32 Å². The number of hydrogen-bond donors (Lipinski definition) is 1. The average Bonchev–Trinajstić information content (AvgIpc) is 2.76. The number of aryl methyl sites for hydroxylation is 1. The van der Waals surface area contributed by atoms with Crippen molar-refractivity contribution < 1.29 is 27.6 Å². The SMILES string of the molecule is CNC(=O)N1CC2(C1)C(=O)N(c1ccc(Cl)c(C)c1)CC(=O)N2Cc1ccc(C(F)(F)F)cc1. The van der Waals surface area contributed by atoms with E-state index in [0.29, 0.717) is 16.3 Å². The fraction of sp³-hybridized carbons (Fsp3) is 0.348. The fourth-order valence-corrected chi connectivity index (χ4v) is 4.43. The summed E-state index contributed by atoms with van der Waals surface area (Å²) in [5, 5.41) is 3.01. The van der Waals surface area contributed by atoms with Crippen LogP contribution in [0, 0.1) is 6.92 Å². The number of urea groups is 1. The third kappa shape index (κ3) is 4.06. The summed E-state index contributed by atoms with van der Waals surface area (Å²) in [7, 11) is 1.46. The van der Waals surface area contributed by atoms with Gasteiger partial charge in [-0.25, -0.2) is 4.79 Å². The van der Waals surface area contributed by atoms with Crippen molar-refractivity contribution in [1.29, 1.82) is 0 Å². The van der Waals surface area contributed by atoms with Crippen LogP contribution >= 0.6 is 11.6 Å². The van der Waals surface area contributed by atoms with Crippen molar-refractivity contribution in [3.8, 4) is 0 Å². The van der Waals surface area contributed by atoms with E-state index in [1.54, 1.807) is 25.1 Å². The lowest BCUT2D eigenvalue weighted by Crippen LogP contribution is -2.81. The van der Waals surface area contributed by atoms with Gasteiger partial charge >= 0.3 is 12.2 Å². The van der Waals surface area contributed by atoms with Crippen LogP contribution in [0.3, 0.4) is 0 Å². The van der Waals surface area contributed by atoms with Gasteiger partial charge < -0.3 is 20.0 Å². The third-order valence-corrected chi connectivity index (χ3v) is 6.66. The quantitative estimate of drug-likeness (QED) is 0.710. The predicted octanol–water partition coefficient (Wildman–Crippen LogP) is 3.44. The van der Waals surface area contributed by atoms with Gasteiger partial charge in [0.2, 0.25) is 5.91 Å². The molecule has 11 heteroatoms. The van der Waals surface area contributed by atoms with Crippen LogP contribution in [-0.4, -0.2) is 59.9 Å². The number of benzene rings is 2. The number of alkyl halides is 3. The number of hydrogen-bond acceptors (Lipinski definition) is 3. The van der Waals surface area contributed by atoms with Crippen molar-refractivity contribution in [3.05, 3.63) is 64.2 Å². The van der Waals surface area contributed by atoms with Gasteiger partial charge in [0, 0.05) is 24.3 Å². The molecule has 0 bridgehead atoms. The highest BCUT2D eigenvalue weighted by atomic mass is 35.5. The van der Waals surface area contributed by atoms with Crippen molar-refractivity contribution in [2.24, 2.45) is 0 Å². The number of rotatable bonds is 3. The average molecular weight is 495 g/mol. The molecule has 34 heavy (non-hydrogen) atoms. The Hall–Kier alpha value is -3.27. The summed E-state index contributed by atoms with van der Waals surface area (Å²) in [6, 6.07) is 9.08. The first-order valence-corrected chi connectivity index (χ1v) is 10.9. The van der Waals surface area contributed by atoms with E-state index in [4.69, 9.17) is 11.6 Å². The summed E-state index contributed by atoms with van der Waals surface area (Å²) in [5.41, 5.74) is -0.431. The Kier molecular flexibility index (Phi) is 5.97. The van der Waals surface area contributed by atoms with Crippen LogP contribution in [0.25, 0.3) is 0 Å². The molecule has 0 saturated carbocycles. The number of amides is 4. The van der Waals surface area contributed by atoms with Crippen molar-refractivity contribution in [2.75, 3.05) is 31.6 Å². The van der Waals surface area contributed by atoms with E-state index in [-0.39, 0.29) is 44.0 Å². The topological polar surface area (TPSA) is 73.0 Å². The van der Waals surface area contributed by atoms with E-state index < -0.39 is 17.3 Å². The van der Waals surface area contributed by atoms with E-state index in [1.807, 2.05) is 0 Å². The molecule has 2 heterocycles. The number of likely N-dealkylation sites (tertiary alicyclic amines) is 1. The molecule has 2 aromatic rings. The van der Waals surface area contributed by atoms with Gasteiger partial charge in [0.05, 0.1) is 18.7 Å².